The Morgan fingerprint density at radius 3 is 2.54 bits per heavy atom. The number of nitrogens with zero attached hydrogens (tertiary/aromatic N) is 3. The third-order valence-electron chi connectivity index (χ3n) is 4.27. The van der Waals surface area contributed by atoms with Gasteiger partial charge in [-0.1, -0.05) is 59.9 Å². The van der Waals surface area contributed by atoms with Crippen molar-refractivity contribution in [2.24, 2.45) is 0 Å². The molecule has 0 fully saturated rings. The van der Waals surface area contributed by atoms with Crippen LogP contribution < -0.4 is 11.4 Å². The minimum absolute atomic E-state index is 0.437. The molecule has 26 heavy (non-hydrogen) atoms. The summed E-state index contributed by atoms with van der Waals surface area (Å²) >= 11 is 1.35. The van der Waals surface area contributed by atoms with Crippen molar-refractivity contribution in [1.82, 2.24) is 19.3 Å². The standard InChI is InChI=1S/C19H12N4O2S/c24-17-21-23(18-20-14-9-3-4-11-16(14)26-18)19(25)22(17)15-10-5-7-12-6-1-2-8-13(12)15/h1-11H,(H,21,24). The van der Waals surface area contributed by atoms with Crippen LogP contribution in [0.4, 0.5) is 0 Å². The van der Waals surface area contributed by atoms with Gasteiger partial charge in [-0.3, -0.25) is 0 Å². The van der Waals surface area contributed by atoms with Crippen LogP contribution in [-0.2, 0) is 0 Å². The highest BCUT2D eigenvalue weighted by Gasteiger charge is 2.16. The molecule has 7 heteroatoms. The fourth-order valence-electron chi connectivity index (χ4n) is 3.08. The molecule has 3 aromatic carbocycles. The molecule has 0 amide bonds. The van der Waals surface area contributed by atoms with Crippen LogP contribution in [0.2, 0.25) is 0 Å². The number of rotatable bonds is 2. The van der Waals surface area contributed by atoms with E-state index in [1.165, 1.54) is 16.0 Å². The summed E-state index contributed by atoms with van der Waals surface area (Å²) in [6.45, 7) is 0. The number of para-hydroxylation sites is 1. The maximum absolute atomic E-state index is 13.0. The van der Waals surface area contributed by atoms with Gasteiger partial charge in [0, 0.05) is 5.39 Å². The molecule has 0 bridgehead atoms. The molecule has 0 saturated carbocycles. The largest absolute Gasteiger partial charge is 0.358 e. The molecule has 0 radical (unpaired) electrons. The Kier molecular flexibility index (Phi) is 3.16. The van der Waals surface area contributed by atoms with E-state index in [1.807, 2.05) is 60.7 Å². The summed E-state index contributed by atoms with van der Waals surface area (Å²) in [6, 6.07) is 20.8. The van der Waals surface area contributed by atoms with Crippen molar-refractivity contribution in [3.05, 3.63) is 87.7 Å². The highest BCUT2D eigenvalue weighted by molar-refractivity contribution is 7.20. The molecule has 5 rings (SSSR count). The van der Waals surface area contributed by atoms with Gasteiger partial charge in [0.05, 0.1) is 15.9 Å². The number of aromatic nitrogens is 4. The van der Waals surface area contributed by atoms with E-state index >= 15 is 0 Å². The molecule has 0 atom stereocenters. The van der Waals surface area contributed by atoms with Crippen LogP contribution in [0.5, 0.6) is 0 Å². The monoisotopic (exact) mass is 360 g/mol. The van der Waals surface area contributed by atoms with Crippen molar-refractivity contribution in [3.8, 4) is 10.8 Å². The Morgan fingerprint density at radius 1 is 0.885 bits per heavy atom. The van der Waals surface area contributed by atoms with Gasteiger partial charge in [-0.15, -0.1) is 0 Å². The minimum atomic E-state index is -0.495. The van der Waals surface area contributed by atoms with E-state index in [2.05, 4.69) is 10.1 Å². The number of benzene rings is 3. The van der Waals surface area contributed by atoms with Gasteiger partial charge in [0.25, 0.3) is 0 Å². The summed E-state index contributed by atoms with van der Waals surface area (Å²) in [4.78, 5) is 30.0. The van der Waals surface area contributed by atoms with Crippen LogP contribution in [0.15, 0.2) is 76.3 Å². The van der Waals surface area contributed by atoms with Crippen LogP contribution in [-0.4, -0.2) is 19.3 Å². The first-order valence-electron chi connectivity index (χ1n) is 8.00. The average molecular weight is 360 g/mol. The third kappa shape index (κ3) is 2.14. The van der Waals surface area contributed by atoms with E-state index in [-0.39, 0.29) is 0 Å². The second kappa shape index (κ2) is 5.53. The zero-order chi connectivity index (χ0) is 17.7. The van der Waals surface area contributed by atoms with Crippen LogP contribution in [0, 0.1) is 0 Å². The lowest BCUT2D eigenvalue weighted by atomic mass is 10.1. The van der Waals surface area contributed by atoms with Crippen molar-refractivity contribution in [2.45, 2.75) is 0 Å². The van der Waals surface area contributed by atoms with Crippen molar-refractivity contribution in [1.29, 1.82) is 0 Å². The van der Waals surface area contributed by atoms with E-state index in [9.17, 15) is 9.59 Å². The smallest absolute Gasteiger partial charge is 0.246 e. The summed E-state index contributed by atoms with van der Waals surface area (Å²) in [7, 11) is 0. The van der Waals surface area contributed by atoms with Crippen LogP contribution in [0.25, 0.3) is 31.8 Å². The van der Waals surface area contributed by atoms with Crippen LogP contribution >= 0.6 is 11.3 Å². The van der Waals surface area contributed by atoms with Gasteiger partial charge in [0.2, 0.25) is 5.13 Å². The Balaban J connectivity index is 1.77. The number of hydrogen-bond donors (Lipinski definition) is 1. The Labute approximate surface area is 150 Å². The molecule has 2 aromatic heterocycles. The predicted octanol–water partition coefficient (Wildman–Crippen LogP) is 3.08. The van der Waals surface area contributed by atoms with Crippen molar-refractivity contribution < 1.29 is 0 Å². The van der Waals surface area contributed by atoms with Crippen molar-refractivity contribution in [2.75, 3.05) is 0 Å². The fourth-order valence-corrected chi connectivity index (χ4v) is 4.00. The Bertz CT molecular complexity index is 1350. The SMILES string of the molecule is O=c1[nH]n(-c2nc3ccccc3s2)c(=O)n1-c1cccc2ccccc12. The molecule has 0 aliphatic rings. The molecule has 1 N–H and O–H groups in total. The van der Waals surface area contributed by atoms with Gasteiger partial charge >= 0.3 is 11.4 Å². The van der Waals surface area contributed by atoms with E-state index in [0.717, 1.165) is 25.6 Å². The molecule has 6 nitrogen and oxygen atoms in total. The molecular formula is C19H12N4O2S. The number of fused-ring (bicyclic) bond motifs is 2. The molecule has 0 unspecified atom stereocenters. The van der Waals surface area contributed by atoms with Gasteiger partial charge in [0.1, 0.15) is 0 Å². The van der Waals surface area contributed by atoms with Crippen molar-refractivity contribution >= 4 is 32.3 Å². The van der Waals surface area contributed by atoms with E-state index in [1.54, 1.807) is 6.07 Å². The highest BCUT2D eigenvalue weighted by Crippen LogP contribution is 2.23. The maximum atomic E-state index is 13.0. The summed E-state index contributed by atoms with van der Waals surface area (Å²) in [5, 5.41) is 4.85. The first-order valence-corrected chi connectivity index (χ1v) is 8.82. The third-order valence-corrected chi connectivity index (χ3v) is 5.30. The molecule has 0 spiro atoms. The van der Waals surface area contributed by atoms with Gasteiger partial charge in [0.15, 0.2) is 0 Å². The minimum Gasteiger partial charge on any atom is -0.246 e. The van der Waals surface area contributed by atoms with Crippen molar-refractivity contribution in [3.63, 3.8) is 0 Å². The van der Waals surface area contributed by atoms with E-state index in [4.69, 9.17) is 0 Å². The Morgan fingerprint density at radius 2 is 1.65 bits per heavy atom. The quantitative estimate of drug-likeness (QED) is 0.526. The molecule has 0 saturated heterocycles. The number of aromatic amines is 1. The molecule has 5 aromatic rings. The lowest BCUT2D eigenvalue weighted by Crippen LogP contribution is -2.26. The normalized spacial score (nSPS) is 11.4. The molecule has 0 aliphatic carbocycles. The van der Waals surface area contributed by atoms with E-state index in [0.29, 0.717) is 10.8 Å². The number of hydrogen-bond acceptors (Lipinski definition) is 4. The first-order chi connectivity index (χ1) is 12.7. The average Bonchev–Trinajstić information content (AvgIpc) is 3.22. The molecule has 2 heterocycles. The summed E-state index contributed by atoms with van der Waals surface area (Å²) in [5.41, 5.74) is 0.378. The fraction of sp³-hybridized carbons (Fsp3) is 0. The van der Waals surface area contributed by atoms with Gasteiger partial charge < -0.3 is 0 Å². The molecule has 126 valence electrons. The lowest BCUT2D eigenvalue weighted by molar-refractivity contribution is 0.821. The summed E-state index contributed by atoms with van der Waals surface area (Å²) in [5.74, 6) is 0. The molecular weight excluding hydrogens is 348 g/mol. The second-order valence-electron chi connectivity index (χ2n) is 5.83. The van der Waals surface area contributed by atoms with Crippen LogP contribution in [0.3, 0.4) is 0 Å². The zero-order valence-electron chi connectivity index (χ0n) is 13.4. The zero-order valence-corrected chi connectivity index (χ0v) is 14.2. The van der Waals surface area contributed by atoms with Gasteiger partial charge in [-0.05, 0) is 23.6 Å². The Hall–Kier alpha value is -3.45. The number of nitrogens with one attached hydrogen (secondary N) is 1. The topological polar surface area (TPSA) is 72.7 Å². The number of thiazole rings is 1. The van der Waals surface area contributed by atoms with Crippen LogP contribution in [0.1, 0.15) is 0 Å². The second-order valence-corrected chi connectivity index (χ2v) is 6.84. The predicted molar refractivity (Wildman–Crippen MR) is 103 cm³/mol. The summed E-state index contributed by atoms with van der Waals surface area (Å²) < 4.78 is 3.30. The molecule has 0 aliphatic heterocycles. The summed E-state index contributed by atoms with van der Waals surface area (Å²) in [6.07, 6.45) is 0. The number of H-pyrrole nitrogens is 1. The lowest BCUT2D eigenvalue weighted by Gasteiger charge is -2.04. The maximum Gasteiger partial charge on any atom is 0.358 e. The van der Waals surface area contributed by atoms with Gasteiger partial charge in [-0.2, -0.15) is 4.68 Å². The van der Waals surface area contributed by atoms with E-state index < -0.39 is 11.4 Å². The first kappa shape index (κ1) is 14.9. The highest BCUT2D eigenvalue weighted by atomic mass is 32.1. The van der Waals surface area contributed by atoms with Gasteiger partial charge in [-0.25, -0.2) is 24.2 Å².